The molecule has 2 atom stereocenters. The molecule has 4 heteroatoms. The molecular weight excluding hydrogens is 293 g/mol. The highest BCUT2D eigenvalue weighted by molar-refractivity contribution is 5.88. The fourth-order valence-electron chi connectivity index (χ4n) is 4.84. The molecule has 3 fully saturated rings. The van der Waals surface area contributed by atoms with Crippen molar-refractivity contribution in [2.45, 2.75) is 37.5 Å². The van der Waals surface area contributed by atoms with Crippen molar-refractivity contribution in [2.24, 2.45) is 11.8 Å². The lowest BCUT2D eigenvalue weighted by Gasteiger charge is -2.39. The Balaban J connectivity index is 1.64. The zero-order valence-electron chi connectivity index (χ0n) is 13.5. The number of ether oxygens (including phenoxy) is 1. The van der Waals surface area contributed by atoms with Crippen LogP contribution in [0.5, 0.6) is 0 Å². The molecule has 0 bridgehead atoms. The zero-order valence-corrected chi connectivity index (χ0v) is 13.5. The van der Waals surface area contributed by atoms with E-state index in [1.165, 1.54) is 25.3 Å². The maximum atomic E-state index is 13.8. The molecule has 23 heavy (non-hydrogen) atoms. The van der Waals surface area contributed by atoms with Gasteiger partial charge in [-0.15, -0.1) is 0 Å². The van der Waals surface area contributed by atoms with Crippen LogP contribution in [0, 0.1) is 17.7 Å². The average molecular weight is 317 g/mol. The molecule has 0 N–H and O–H groups in total. The minimum Gasteiger partial charge on any atom is -0.381 e. The molecule has 2 aliphatic heterocycles. The summed E-state index contributed by atoms with van der Waals surface area (Å²) in [7, 11) is 0. The molecule has 1 saturated carbocycles. The molecule has 0 unspecified atom stereocenters. The SMILES string of the molecule is O=C(N1C[C@H]2CCC[C@H]2C1)C1(c2cccc(F)c2)CCOCC1. The first-order valence-corrected chi connectivity index (χ1v) is 8.82. The largest absolute Gasteiger partial charge is 0.381 e. The standard InChI is InChI=1S/C19H24FNO2/c20-17-6-2-5-16(11-17)19(7-9-23-10-8-19)18(22)21-12-14-3-1-4-15(14)13-21/h2,5-6,11,14-15H,1,3-4,7-10,12-13H2/t14-,15+. The van der Waals surface area contributed by atoms with Crippen molar-refractivity contribution in [1.82, 2.24) is 4.90 Å². The molecule has 1 aliphatic carbocycles. The third-order valence-corrected chi connectivity index (χ3v) is 6.15. The molecule has 1 aromatic rings. The van der Waals surface area contributed by atoms with Gasteiger partial charge in [0, 0.05) is 26.3 Å². The number of likely N-dealkylation sites (tertiary alicyclic amines) is 1. The summed E-state index contributed by atoms with van der Waals surface area (Å²) in [5.74, 6) is 1.30. The van der Waals surface area contributed by atoms with Crippen LogP contribution in [0.4, 0.5) is 4.39 Å². The van der Waals surface area contributed by atoms with Crippen LogP contribution in [0.25, 0.3) is 0 Å². The van der Waals surface area contributed by atoms with E-state index >= 15 is 0 Å². The van der Waals surface area contributed by atoms with Crippen molar-refractivity contribution in [3.63, 3.8) is 0 Å². The summed E-state index contributed by atoms with van der Waals surface area (Å²) in [5, 5.41) is 0. The van der Waals surface area contributed by atoms with Gasteiger partial charge in [-0.3, -0.25) is 4.79 Å². The van der Waals surface area contributed by atoms with E-state index in [4.69, 9.17) is 4.74 Å². The van der Waals surface area contributed by atoms with E-state index in [2.05, 4.69) is 4.90 Å². The number of hydrogen-bond donors (Lipinski definition) is 0. The van der Waals surface area contributed by atoms with Crippen molar-refractivity contribution >= 4 is 5.91 Å². The number of amides is 1. The maximum Gasteiger partial charge on any atom is 0.233 e. The topological polar surface area (TPSA) is 29.5 Å². The predicted octanol–water partition coefficient (Wildman–Crippen LogP) is 3.13. The van der Waals surface area contributed by atoms with Gasteiger partial charge in [-0.2, -0.15) is 0 Å². The third-order valence-electron chi connectivity index (χ3n) is 6.15. The van der Waals surface area contributed by atoms with E-state index < -0.39 is 5.41 Å². The van der Waals surface area contributed by atoms with Crippen LogP contribution in [0.2, 0.25) is 0 Å². The van der Waals surface area contributed by atoms with E-state index in [1.807, 2.05) is 6.07 Å². The third kappa shape index (κ3) is 2.57. The molecule has 3 aliphatic rings. The highest BCUT2D eigenvalue weighted by atomic mass is 19.1. The van der Waals surface area contributed by atoms with E-state index in [9.17, 15) is 9.18 Å². The van der Waals surface area contributed by atoms with Gasteiger partial charge in [-0.25, -0.2) is 4.39 Å². The lowest BCUT2D eigenvalue weighted by atomic mass is 9.73. The number of rotatable bonds is 2. The summed E-state index contributed by atoms with van der Waals surface area (Å²) < 4.78 is 19.3. The Bertz CT molecular complexity index is 585. The highest BCUT2D eigenvalue weighted by Crippen LogP contribution is 2.42. The smallest absolute Gasteiger partial charge is 0.233 e. The summed E-state index contributed by atoms with van der Waals surface area (Å²) in [5.41, 5.74) is 0.224. The maximum absolute atomic E-state index is 13.8. The fourth-order valence-corrected chi connectivity index (χ4v) is 4.84. The van der Waals surface area contributed by atoms with Crippen LogP contribution in [0.3, 0.4) is 0 Å². The lowest BCUT2D eigenvalue weighted by molar-refractivity contribution is -0.140. The number of benzene rings is 1. The predicted molar refractivity (Wildman–Crippen MR) is 85.5 cm³/mol. The molecule has 1 amide bonds. The molecule has 3 nitrogen and oxygen atoms in total. The molecule has 2 saturated heterocycles. The van der Waals surface area contributed by atoms with Crippen LogP contribution in [0.15, 0.2) is 24.3 Å². The molecule has 1 aromatic carbocycles. The molecule has 0 spiro atoms. The minimum absolute atomic E-state index is 0.195. The van der Waals surface area contributed by atoms with Gasteiger partial charge >= 0.3 is 0 Å². The lowest BCUT2D eigenvalue weighted by Crippen LogP contribution is -2.49. The van der Waals surface area contributed by atoms with Crippen molar-refractivity contribution < 1.29 is 13.9 Å². The normalized spacial score (nSPS) is 29.5. The number of fused-ring (bicyclic) bond motifs is 1. The quantitative estimate of drug-likeness (QED) is 0.839. The number of carbonyl (C=O) groups excluding carboxylic acids is 1. The molecule has 0 aromatic heterocycles. The zero-order chi connectivity index (χ0) is 15.9. The number of carbonyl (C=O) groups is 1. The first kappa shape index (κ1) is 15.1. The molecule has 124 valence electrons. The first-order chi connectivity index (χ1) is 11.2. The average Bonchev–Trinajstić information content (AvgIpc) is 3.16. The summed E-state index contributed by atoms with van der Waals surface area (Å²) in [4.78, 5) is 15.5. The molecular formula is C19H24FNO2. The Labute approximate surface area is 136 Å². The van der Waals surface area contributed by atoms with Crippen LogP contribution in [-0.4, -0.2) is 37.1 Å². The second kappa shape index (κ2) is 5.90. The first-order valence-electron chi connectivity index (χ1n) is 8.82. The monoisotopic (exact) mass is 317 g/mol. The summed E-state index contributed by atoms with van der Waals surface area (Å²) in [6.45, 7) is 2.93. The van der Waals surface area contributed by atoms with Gasteiger partial charge in [-0.1, -0.05) is 18.6 Å². The molecule has 0 radical (unpaired) electrons. The van der Waals surface area contributed by atoms with Gasteiger partial charge in [0.15, 0.2) is 0 Å². The van der Waals surface area contributed by atoms with E-state index in [1.54, 1.807) is 12.1 Å². The summed E-state index contributed by atoms with van der Waals surface area (Å²) >= 11 is 0. The summed E-state index contributed by atoms with van der Waals surface area (Å²) in [6, 6.07) is 6.61. The molecule has 4 rings (SSSR count). The van der Waals surface area contributed by atoms with Crippen LogP contribution >= 0.6 is 0 Å². The number of halogens is 1. The molecule has 2 heterocycles. The van der Waals surface area contributed by atoms with Crippen molar-refractivity contribution in [1.29, 1.82) is 0 Å². The van der Waals surface area contributed by atoms with Crippen LogP contribution in [0.1, 0.15) is 37.7 Å². The van der Waals surface area contributed by atoms with Gasteiger partial charge in [0.1, 0.15) is 5.82 Å². The van der Waals surface area contributed by atoms with Crippen molar-refractivity contribution in [3.05, 3.63) is 35.6 Å². The summed E-state index contributed by atoms with van der Waals surface area (Å²) in [6.07, 6.45) is 5.12. The fraction of sp³-hybridized carbons (Fsp3) is 0.632. The van der Waals surface area contributed by atoms with E-state index in [-0.39, 0.29) is 11.7 Å². The Kier molecular flexibility index (Phi) is 3.88. The van der Waals surface area contributed by atoms with Gasteiger partial charge in [0.25, 0.3) is 0 Å². The van der Waals surface area contributed by atoms with Crippen molar-refractivity contribution in [2.75, 3.05) is 26.3 Å². The Hall–Kier alpha value is -1.42. The van der Waals surface area contributed by atoms with Crippen molar-refractivity contribution in [3.8, 4) is 0 Å². The Morgan fingerprint density at radius 2 is 1.87 bits per heavy atom. The van der Waals surface area contributed by atoms with Gasteiger partial charge in [0.2, 0.25) is 5.91 Å². The second-order valence-electron chi connectivity index (χ2n) is 7.37. The number of hydrogen-bond acceptors (Lipinski definition) is 2. The highest BCUT2D eigenvalue weighted by Gasteiger charge is 2.48. The van der Waals surface area contributed by atoms with Gasteiger partial charge in [0.05, 0.1) is 5.41 Å². The van der Waals surface area contributed by atoms with Crippen LogP contribution < -0.4 is 0 Å². The van der Waals surface area contributed by atoms with E-state index in [0.29, 0.717) is 37.9 Å². The minimum atomic E-state index is -0.598. The van der Waals surface area contributed by atoms with E-state index in [0.717, 1.165) is 18.7 Å². The van der Waals surface area contributed by atoms with Gasteiger partial charge < -0.3 is 9.64 Å². The van der Waals surface area contributed by atoms with Crippen LogP contribution in [-0.2, 0) is 14.9 Å². The Morgan fingerprint density at radius 3 is 2.52 bits per heavy atom. The second-order valence-corrected chi connectivity index (χ2v) is 7.37. The number of nitrogens with zero attached hydrogens (tertiary/aromatic N) is 1. The van der Waals surface area contributed by atoms with Gasteiger partial charge in [-0.05, 0) is 55.2 Å². The Morgan fingerprint density at radius 1 is 1.17 bits per heavy atom.